The maximum atomic E-state index is 12.4. The summed E-state index contributed by atoms with van der Waals surface area (Å²) in [6.45, 7) is 0. The molecule has 7 heteroatoms. The molecule has 1 heterocycles. The van der Waals surface area contributed by atoms with Crippen LogP contribution in [0.3, 0.4) is 0 Å². The van der Waals surface area contributed by atoms with Gasteiger partial charge in [0.15, 0.2) is 0 Å². The number of hydrogen-bond donors (Lipinski definition) is 0. The van der Waals surface area contributed by atoms with Gasteiger partial charge in [0.2, 0.25) is 5.82 Å². The van der Waals surface area contributed by atoms with E-state index in [9.17, 15) is 19.7 Å². The molecule has 0 atom stereocenters. The Labute approximate surface area is 70.7 Å². The molecule has 0 unspecified atom stereocenters. The molecule has 0 bridgehead atoms. The van der Waals surface area contributed by atoms with Crippen LogP contribution in [0.25, 0.3) is 0 Å². The second kappa shape index (κ2) is 2.90. The summed E-state index contributed by atoms with van der Waals surface area (Å²) < 4.78 is 12.2. The molecule has 64 valence electrons. The first-order chi connectivity index (χ1) is 5.54. The van der Waals surface area contributed by atoms with Crippen LogP contribution in [-0.2, 0) is 0 Å². The van der Waals surface area contributed by atoms with Gasteiger partial charge in [0.1, 0.15) is 4.92 Å². The summed E-state index contributed by atoms with van der Waals surface area (Å²) in [6.07, 6.45) is 0. The van der Waals surface area contributed by atoms with E-state index in [-0.39, 0.29) is 4.73 Å². The topological polar surface area (TPSA) is 70.1 Å². The summed E-state index contributed by atoms with van der Waals surface area (Å²) in [5.41, 5.74) is 0. The Morgan fingerprint density at radius 1 is 1.58 bits per heavy atom. The minimum Gasteiger partial charge on any atom is -0.613 e. The number of rotatable bonds is 1. The molecule has 0 N–H and O–H groups in total. The minimum absolute atomic E-state index is 0.281. The molecule has 0 aliphatic heterocycles. The predicted octanol–water partition coefficient (Wildman–Crippen LogP) is 1.02. The van der Waals surface area contributed by atoms with E-state index in [0.29, 0.717) is 0 Å². The Kier molecular flexibility index (Phi) is 2.09. The van der Waals surface area contributed by atoms with E-state index in [2.05, 4.69) is 0 Å². The van der Waals surface area contributed by atoms with E-state index < -0.39 is 21.7 Å². The molecule has 1 rings (SSSR count). The van der Waals surface area contributed by atoms with E-state index >= 15 is 0 Å². The number of nitrogens with zero attached hydrogens (tertiary/aromatic N) is 2. The smallest absolute Gasteiger partial charge is 0.514 e. The Morgan fingerprint density at radius 3 is 2.67 bits per heavy atom. The highest BCUT2D eigenvalue weighted by atomic mass is 35.5. The van der Waals surface area contributed by atoms with Crippen molar-refractivity contribution in [1.82, 2.24) is 0 Å². The van der Waals surface area contributed by atoms with Crippen molar-refractivity contribution in [2.24, 2.45) is 0 Å². The van der Waals surface area contributed by atoms with Crippen molar-refractivity contribution in [3.8, 4) is 0 Å². The summed E-state index contributed by atoms with van der Waals surface area (Å²) in [6, 6.07) is 1.50. The van der Waals surface area contributed by atoms with E-state index in [0.717, 1.165) is 12.1 Å². The van der Waals surface area contributed by atoms with Crippen LogP contribution in [0.1, 0.15) is 0 Å². The second-order valence-corrected chi connectivity index (χ2v) is 2.24. The Hall–Kier alpha value is -1.43. The van der Waals surface area contributed by atoms with Gasteiger partial charge in [0.05, 0.1) is 6.07 Å². The maximum Gasteiger partial charge on any atom is 0.514 e. The first kappa shape index (κ1) is 8.66. The van der Waals surface area contributed by atoms with Crippen molar-refractivity contribution in [1.29, 1.82) is 0 Å². The third-order valence-electron chi connectivity index (χ3n) is 1.15. The Bertz CT molecular complexity index is 344. The van der Waals surface area contributed by atoms with Crippen LogP contribution in [0.2, 0.25) is 5.15 Å². The molecule has 1 aromatic rings. The standard InChI is InChI=1S/C5H2ClFN2O3/c6-5-3(7)1-2-4(8(5)10)9(11)12/h1-2H. The van der Waals surface area contributed by atoms with Gasteiger partial charge in [-0.3, -0.25) is 10.1 Å². The molecule has 5 nitrogen and oxygen atoms in total. The number of aromatic nitrogens is 1. The summed E-state index contributed by atoms with van der Waals surface area (Å²) in [5, 5.41) is 20.0. The lowest BCUT2D eigenvalue weighted by molar-refractivity contribution is -0.664. The molecule has 0 fully saturated rings. The van der Waals surface area contributed by atoms with Gasteiger partial charge in [0, 0.05) is 0 Å². The van der Waals surface area contributed by atoms with Gasteiger partial charge >= 0.3 is 11.0 Å². The van der Waals surface area contributed by atoms with Crippen LogP contribution in [0.5, 0.6) is 0 Å². The Balaban J connectivity index is 3.36. The van der Waals surface area contributed by atoms with Crippen molar-refractivity contribution < 1.29 is 14.0 Å². The highest BCUT2D eigenvalue weighted by Gasteiger charge is 2.23. The van der Waals surface area contributed by atoms with Crippen molar-refractivity contribution in [3.05, 3.63) is 38.4 Å². The van der Waals surface area contributed by atoms with Gasteiger partial charge in [-0.15, -0.1) is 0 Å². The normalized spacial score (nSPS) is 9.83. The van der Waals surface area contributed by atoms with E-state index in [1.165, 1.54) is 0 Å². The summed E-state index contributed by atoms with van der Waals surface area (Å²) in [5.74, 6) is -1.79. The van der Waals surface area contributed by atoms with Crippen molar-refractivity contribution >= 4 is 17.4 Å². The van der Waals surface area contributed by atoms with E-state index in [1.807, 2.05) is 0 Å². The molecular weight excluding hydrogens is 191 g/mol. The molecular formula is C5H2ClFN2O3. The summed E-state index contributed by atoms with van der Waals surface area (Å²) >= 11 is 5.10. The van der Waals surface area contributed by atoms with Crippen LogP contribution >= 0.6 is 11.6 Å². The zero-order valence-corrected chi connectivity index (χ0v) is 6.29. The van der Waals surface area contributed by atoms with Gasteiger partial charge in [-0.25, -0.2) is 0 Å². The number of hydrogen-bond acceptors (Lipinski definition) is 3. The first-order valence-corrected chi connectivity index (χ1v) is 3.14. The van der Waals surface area contributed by atoms with Crippen molar-refractivity contribution in [2.75, 3.05) is 0 Å². The van der Waals surface area contributed by atoms with Crippen molar-refractivity contribution in [2.45, 2.75) is 0 Å². The fourth-order valence-corrected chi connectivity index (χ4v) is 0.766. The highest BCUT2D eigenvalue weighted by Crippen LogP contribution is 2.13. The van der Waals surface area contributed by atoms with Crippen LogP contribution in [0, 0.1) is 21.1 Å². The highest BCUT2D eigenvalue weighted by molar-refractivity contribution is 6.28. The fraction of sp³-hybridized carbons (Fsp3) is 0. The van der Waals surface area contributed by atoms with Crippen LogP contribution < -0.4 is 4.73 Å². The van der Waals surface area contributed by atoms with Gasteiger partial charge in [-0.05, 0) is 17.7 Å². The fourth-order valence-electron chi connectivity index (χ4n) is 0.617. The monoisotopic (exact) mass is 192 g/mol. The van der Waals surface area contributed by atoms with Crippen LogP contribution in [-0.4, -0.2) is 4.92 Å². The SMILES string of the molecule is O=[N+]([O-])c1ccc(F)c(Cl)[n+]1[O-]. The average Bonchev–Trinajstić information content (AvgIpc) is 2.00. The predicted molar refractivity (Wildman–Crippen MR) is 37.0 cm³/mol. The Morgan fingerprint density at radius 2 is 2.17 bits per heavy atom. The van der Waals surface area contributed by atoms with E-state index in [1.54, 1.807) is 0 Å². The van der Waals surface area contributed by atoms with Crippen LogP contribution in [0.4, 0.5) is 10.2 Å². The third kappa shape index (κ3) is 1.28. The van der Waals surface area contributed by atoms with Crippen molar-refractivity contribution in [3.63, 3.8) is 0 Å². The lowest BCUT2D eigenvalue weighted by atomic mass is 10.4. The van der Waals surface area contributed by atoms with Gasteiger partial charge in [-0.2, -0.15) is 4.39 Å². The quantitative estimate of drug-likeness (QED) is 0.219. The largest absolute Gasteiger partial charge is 0.613 e. The van der Waals surface area contributed by atoms with Gasteiger partial charge in [0.25, 0.3) is 0 Å². The molecule has 0 saturated carbocycles. The number of nitro groups is 1. The van der Waals surface area contributed by atoms with Gasteiger partial charge < -0.3 is 5.21 Å². The average molecular weight is 193 g/mol. The zero-order chi connectivity index (χ0) is 9.30. The zero-order valence-electron chi connectivity index (χ0n) is 5.53. The molecule has 12 heavy (non-hydrogen) atoms. The second-order valence-electron chi connectivity index (χ2n) is 1.88. The molecule has 0 spiro atoms. The number of pyridine rings is 1. The molecule has 0 radical (unpaired) electrons. The van der Waals surface area contributed by atoms with E-state index in [4.69, 9.17) is 11.6 Å². The molecule has 0 aromatic carbocycles. The third-order valence-corrected chi connectivity index (χ3v) is 1.48. The van der Waals surface area contributed by atoms with Gasteiger partial charge in [-0.1, -0.05) is 4.73 Å². The van der Waals surface area contributed by atoms with Crippen LogP contribution in [0.15, 0.2) is 12.1 Å². The lowest BCUT2D eigenvalue weighted by Crippen LogP contribution is -2.32. The molecule has 0 saturated heterocycles. The molecule has 0 aliphatic carbocycles. The number of halogens is 2. The summed E-state index contributed by atoms with van der Waals surface area (Å²) in [4.78, 5) is 9.14. The maximum absolute atomic E-state index is 12.4. The molecule has 0 aliphatic rings. The molecule has 1 aromatic heterocycles. The molecule has 0 amide bonds. The minimum atomic E-state index is -0.989. The first-order valence-electron chi connectivity index (χ1n) is 2.76. The lowest BCUT2D eigenvalue weighted by Gasteiger charge is -1.97. The summed E-state index contributed by atoms with van der Waals surface area (Å²) in [7, 11) is 0.